The summed E-state index contributed by atoms with van der Waals surface area (Å²) >= 11 is 0. The van der Waals surface area contributed by atoms with Crippen LogP contribution in [0.25, 0.3) is 0 Å². The lowest BCUT2D eigenvalue weighted by atomic mass is 9.73. The van der Waals surface area contributed by atoms with Gasteiger partial charge in [-0.1, -0.05) is 19.3 Å². The number of pyridine rings is 1. The minimum Gasteiger partial charge on any atom is -0.329 e. The van der Waals surface area contributed by atoms with Crippen molar-refractivity contribution in [3.05, 3.63) is 24.0 Å². The van der Waals surface area contributed by atoms with Gasteiger partial charge in [-0.2, -0.15) is 0 Å². The van der Waals surface area contributed by atoms with Crippen molar-refractivity contribution in [3.63, 3.8) is 0 Å². The molecule has 1 aromatic rings. The number of aromatic nitrogens is 1. The van der Waals surface area contributed by atoms with Gasteiger partial charge < -0.3 is 11.1 Å². The third-order valence-corrected chi connectivity index (χ3v) is 3.97. The molecule has 0 spiro atoms. The van der Waals surface area contributed by atoms with Crippen LogP contribution in [-0.4, -0.2) is 17.4 Å². The van der Waals surface area contributed by atoms with Crippen molar-refractivity contribution in [2.24, 2.45) is 11.1 Å². The van der Waals surface area contributed by atoms with Crippen LogP contribution in [0.3, 0.4) is 0 Å². The van der Waals surface area contributed by atoms with Crippen molar-refractivity contribution in [3.8, 4) is 0 Å². The maximum absolute atomic E-state index is 12.5. The predicted molar refractivity (Wildman–Crippen MR) is 72.2 cm³/mol. The van der Waals surface area contributed by atoms with Crippen molar-refractivity contribution in [2.45, 2.75) is 39.0 Å². The van der Waals surface area contributed by atoms with Crippen molar-refractivity contribution < 1.29 is 4.79 Å². The Morgan fingerprint density at radius 2 is 2.17 bits per heavy atom. The number of hydrogen-bond donors (Lipinski definition) is 2. The summed E-state index contributed by atoms with van der Waals surface area (Å²) in [5, 5.41) is 2.99. The molecule has 98 valence electrons. The van der Waals surface area contributed by atoms with E-state index in [1.807, 2.05) is 13.0 Å². The highest BCUT2D eigenvalue weighted by Crippen LogP contribution is 2.36. The first-order chi connectivity index (χ1) is 8.68. The Labute approximate surface area is 108 Å². The molecule has 1 fully saturated rings. The van der Waals surface area contributed by atoms with Gasteiger partial charge in [-0.15, -0.1) is 0 Å². The number of nitrogens with one attached hydrogen (secondary N) is 1. The van der Waals surface area contributed by atoms with Crippen molar-refractivity contribution in [2.75, 3.05) is 11.9 Å². The van der Waals surface area contributed by atoms with Crippen molar-refractivity contribution in [1.29, 1.82) is 0 Å². The second-order valence-electron chi connectivity index (χ2n) is 5.19. The van der Waals surface area contributed by atoms with E-state index in [1.54, 1.807) is 12.4 Å². The van der Waals surface area contributed by atoms with Crippen molar-refractivity contribution >= 4 is 11.6 Å². The highest BCUT2D eigenvalue weighted by molar-refractivity contribution is 5.96. The molecule has 2 rings (SSSR count). The molecule has 0 radical (unpaired) electrons. The maximum atomic E-state index is 12.5. The summed E-state index contributed by atoms with van der Waals surface area (Å²) in [6.45, 7) is 2.39. The number of carbonyl (C=O) groups excluding carboxylic acids is 1. The van der Waals surface area contributed by atoms with Crippen LogP contribution in [-0.2, 0) is 4.79 Å². The number of anilines is 1. The smallest absolute Gasteiger partial charge is 0.231 e. The third-order valence-electron chi connectivity index (χ3n) is 3.97. The van der Waals surface area contributed by atoms with Gasteiger partial charge in [0.2, 0.25) is 5.91 Å². The SMILES string of the molecule is Cc1ccncc1NC(=O)C1(CN)CCCCC1. The molecule has 1 aromatic heterocycles. The van der Waals surface area contributed by atoms with Crippen molar-refractivity contribution in [1.82, 2.24) is 4.98 Å². The number of nitrogens with two attached hydrogens (primary N) is 1. The number of hydrogen-bond acceptors (Lipinski definition) is 3. The minimum atomic E-state index is -0.374. The van der Waals surface area contributed by atoms with E-state index in [9.17, 15) is 4.79 Å². The Hall–Kier alpha value is -1.42. The number of carbonyl (C=O) groups is 1. The molecule has 18 heavy (non-hydrogen) atoms. The third kappa shape index (κ3) is 2.53. The van der Waals surface area contributed by atoms with Crippen LogP contribution in [0.2, 0.25) is 0 Å². The lowest BCUT2D eigenvalue weighted by molar-refractivity contribution is -0.126. The number of amides is 1. The normalized spacial score (nSPS) is 18.3. The molecule has 0 aromatic carbocycles. The second kappa shape index (κ2) is 5.48. The number of rotatable bonds is 3. The van der Waals surface area contributed by atoms with Gasteiger partial charge in [0.15, 0.2) is 0 Å². The van der Waals surface area contributed by atoms with Crippen LogP contribution >= 0.6 is 0 Å². The molecule has 1 aliphatic carbocycles. The molecule has 0 bridgehead atoms. The maximum Gasteiger partial charge on any atom is 0.231 e. The van der Waals surface area contributed by atoms with Crippen LogP contribution in [0.1, 0.15) is 37.7 Å². The zero-order valence-corrected chi connectivity index (χ0v) is 10.9. The molecule has 0 unspecified atom stereocenters. The summed E-state index contributed by atoms with van der Waals surface area (Å²) < 4.78 is 0. The minimum absolute atomic E-state index is 0.0563. The van der Waals surface area contributed by atoms with Crippen LogP contribution < -0.4 is 11.1 Å². The van der Waals surface area contributed by atoms with Gasteiger partial charge in [-0.05, 0) is 31.4 Å². The largest absolute Gasteiger partial charge is 0.329 e. The fraction of sp³-hybridized carbons (Fsp3) is 0.571. The van der Waals surface area contributed by atoms with Gasteiger partial charge in [0.25, 0.3) is 0 Å². The number of aryl methyl sites for hydroxylation is 1. The molecular weight excluding hydrogens is 226 g/mol. The summed E-state index contributed by atoms with van der Waals surface area (Å²) in [5.41, 5.74) is 7.30. The summed E-state index contributed by atoms with van der Waals surface area (Å²) in [7, 11) is 0. The lowest BCUT2D eigenvalue weighted by Gasteiger charge is -2.34. The monoisotopic (exact) mass is 247 g/mol. The van der Waals surface area contributed by atoms with E-state index in [1.165, 1.54) is 6.42 Å². The van der Waals surface area contributed by atoms with E-state index >= 15 is 0 Å². The highest BCUT2D eigenvalue weighted by atomic mass is 16.2. The molecule has 4 heteroatoms. The van der Waals surface area contributed by atoms with Gasteiger partial charge in [0, 0.05) is 12.7 Å². The van der Waals surface area contributed by atoms with Gasteiger partial charge in [0.05, 0.1) is 17.3 Å². The fourth-order valence-corrected chi connectivity index (χ4v) is 2.60. The molecule has 3 N–H and O–H groups in total. The molecule has 1 heterocycles. The predicted octanol–water partition coefficient (Wildman–Crippen LogP) is 2.24. The molecule has 0 atom stereocenters. The van der Waals surface area contributed by atoms with Crippen LogP contribution in [0.15, 0.2) is 18.5 Å². The fourth-order valence-electron chi connectivity index (χ4n) is 2.60. The Bertz CT molecular complexity index is 425. The Morgan fingerprint density at radius 3 is 2.78 bits per heavy atom. The first-order valence-electron chi connectivity index (χ1n) is 6.60. The van der Waals surface area contributed by atoms with E-state index in [0.717, 1.165) is 36.9 Å². The van der Waals surface area contributed by atoms with E-state index < -0.39 is 0 Å². The summed E-state index contributed by atoms with van der Waals surface area (Å²) in [5.74, 6) is 0.0563. The van der Waals surface area contributed by atoms with Crippen LogP contribution in [0, 0.1) is 12.3 Å². The van der Waals surface area contributed by atoms with Crippen LogP contribution in [0.5, 0.6) is 0 Å². The quantitative estimate of drug-likeness (QED) is 0.860. The molecular formula is C14H21N3O. The van der Waals surface area contributed by atoms with E-state index in [-0.39, 0.29) is 11.3 Å². The average molecular weight is 247 g/mol. The first kappa shape index (κ1) is 13.0. The van der Waals surface area contributed by atoms with Gasteiger partial charge in [-0.3, -0.25) is 9.78 Å². The summed E-state index contributed by atoms with van der Waals surface area (Å²) in [6, 6.07) is 1.89. The topological polar surface area (TPSA) is 68.0 Å². The Morgan fingerprint density at radius 1 is 1.44 bits per heavy atom. The van der Waals surface area contributed by atoms with E-state index in [0.29, 0.717) is 6.54 Å². The molecule has 1 saturated carbocycles. The van der Waals surface area contributed by atoms with Gasteiger partial charge >= 0.3 is 0 Å². The van der Waals surface area contributed by atoms with Gasteiger partial charge in [0.1, 0.15) is 0 Å². The number of nitrogens with zero attached hydrogens (tertiary/aromatic N) is 1. The first-order valence-corrected chi connectivity index (χ1v) is 6.60. The molecule has 0 saturated heterocycles. The highest BCUT2D eigenvalue weighted by Gasteiger charge is 2.38. The van der Waals surface area contributed by atoms with Crippen LogP contribution in [0.4, 0.5) is 5.69 Å². The molecule has 0 aliphatic heterocycles. The zero-order chi connectivity index (χ0) is 13.0. The average Bonchev–Trinajstić information content (AvgIpc) is 2.42. The Balaban J connectivity index is 2.13. The summed E-state index contributed by atoms with van der Waals surface area (Å²) in [6.07, 6.45) is 8.61. The summed E-state index contributed by atoms with van der Waals surface area (Å²) in [4.78, 5) is 16.5. The van der Waals surface area contributed by atoms with E-state index in [2.05, 4.69) is 10.3 Å². The lowest BCUT2D eigenvalue weighted by Crippen LogP contribution is -2.43. The second-order valence-corrected chi connectivity index (χ2v) is 5.19. The molecule has 1 amide bonds. The zero-order valence-electron chi connectivity index (χ0n) is 10.9. The molecule has 4 nitrogen and oxygen atoms in total. The van der Waals surface area contributed by atoms with Gasteiger partial charge in [-0.25, -0.2) is 0 Å². The van der Waals surface area contributed by atoms with E-state index in [4.69, 9.17) is 5.73 Å². The standard InChI is InChI=1S/C14H21N3O/c1-11-5-8-16-9-12(11)17-13(18)14(10-15)6-3-2-4-7-14/h5,8-9H,2-4,6-7,10,15H2,1H3,(H,17,18). The molecule has 1 aliphatic rings. The Kier molecular flexibility index (Phi) is 3.97.